The standard InChI is InChI=1S/C17H10F6N2O/c18-16(19,20)11-5-3-4-9-10(15(26)12-6-1-2-7-24-12)8-13(17(21,22)23)25-14(9)11/h1-8,15,26H/t15-/m1/s1. The molecule has 3 aromatic rings. The third-order valence-electron chi connectivity index (χ3n) is 3.73. The third kappa shape index (κ3) is 3.34. The van der Waals surface area contributed by atoms with Crippen LogP contribution in [0.4, 0.5) is 26.3 Å². The summed E-state index contributed by atoms with van der Waals surface area (Å²) in [5.41, 5.74) is -4.06. The number of para-hydroxylation sites is 1. The van der Waals surface area contributed by atoms with E-state index in [1.807, 2.05) is 0 Å². The van der Waals surface area contributed by atoms with Gasteiger partial charge in [-0.15, -0.1) is 0 Å². The smallest absolute Gasteiger partial charge is 0.382 e. The van der Waals surface area contributed by atoms with Crippen molar-refractivity contribution >= 4 is 10.9 Å². The van der Waals surface area contributed by atoms with Crippen molar-refractivity contribution in [1.29, 1.82) is 0 Å². The molecule has 26 heavy (non-hydrogen) atoms. The molecule has 9 heteroatoms. The maximum Gasteiger partial charge on any atom is 0.433 e. The highest BCUT2D eigenvalue weighted by Gasteiger charge is 2.38. The van der Waals surface area contributed by atoms with Gasteiger partial charge in [0.25, 0.3) is 0 Å². The van der Waals surface area contributed by atoms with Crippen LogP contribution in [0.25, 0.3) is 10.9 Å². The summed E-state index contributed by atoms with van der Waals surface area (Å²) in [6.07, 6.45) is -10.2. The maximum atomic E-state index is 13.2. The van der Waals surface area contributed by atoms with Crippen molar-refractivity contribution in [2.75, 3.05) is 0 Å². The number of benzene rings is 1. The lowest BCUT2D eigenvalue weighted by molar-refractivity contribution is -0.142. The molecule has 0 bridgehead atoms. The molecule has 3 nitrogen and oxygen atoms in total. The molecule has 0 saturated heterocycles. The normalized spacial score (nSPS) is 13.8. The summed E-state index contributed by atoms with van der Waals surface area (Å²) in [5, 5.41) is 10.2. The van der Waals surface area contributed by atoms with Gasteiger partial charge in [-0.2, -0.15) is 26.3 Å². The molecule has 0 saturated carbocycles. The fourth-order valence-corrected chi connectivity index (χ4v) is 2.57. The second-order valence-corrected chi connectivity index (χ2v) is 5.45. The molecule has 0 unspecified atom stereocenters. The lowest BCUT2D eigenvalue weighted by Crippen LogP contribution is -2.14. The SMILES string of the molecule is O[C@@H](c1ccccn1)c1cc(C(F)(F)F)nc2c(C(F)(F)F)cccc12. The number of hydrogen-bond donors (Lipinski definition) is 1. The van der Waals surface area contributed by atoms with E-state index < -0.39 is 35.2 Å². The number of aromatic nitrogens is 2. The van der Waals surface area contributed by atoms with Crippen molar-refractivity contribution in [3.05, 3.63) is 71.2 Å². The molecule has 0 fully saturated rings. The molecular formula is C17H10F6N2O. The van der Waals surface area contributed by atoms with E-state index in [-0.39, 0.29) is 16.6 Å². The molecule has 1 aromatic carbocycles. The number of rotatable bonds is 2. The van der Waals surface area contributed by atoms with Gasteiger partial charge in [0.2, 0.25) is 0 Å². The first kappa shape index (κ1) is 18.1. The zero-order chi connectivity index (χ0) is 19.1. The van der Waals surface area contributed by atoms with Crippen LogP contribution in [0.2, 0.25) is 0 Å². The average Bonchev–Trinajstić information content (AvgIpc) is 2.58. The first-order valence-electron chi connectivity index (χ1n) is 7.26. The largest absolute Gasteiger partial charge is 0.433 e. The zero-order valence-corrected chi connectivity index (χ0v) is 12.8. The van der Waals surface area contributed by atoms with Crippen molar-refractivity contribution in [1.82, 2.24) is 9.97 Å². The molecule has 0 amide bonds. The van der Waals surface area contributed by atoms with Gasteiger partial charge in [0.1, 0.15) is 11.8 Å². The first-order valence-corrected chi connectivity index (χ1v) is 7.26. The number of nitrogens with zero attached hydrogens (tertiary/aromatic N) is 2. The molecular weight excluding hydrogens is 362 g/mol. The molecule has 2 heterocycles. The summed E-state index contributed by atoms with van der Waals surface area (Å²) in [5.74, 6) is 0. The van der Waals surface area contributed by atoms with E-state index in [0.29, 0.717) is 12.1 Å². The van der Waals surface area contributed by atoms with Gasteiger partial charge in [-0.3, -0.25) is 4.98 Å². The van der Waals surface area contributed by atoms with Gasteiger partial charge in [-0.05, 0) is 29.8 Å². The molecule has 0 aliphatic rings. The van der Waals surface area contributed by atoms with Crippen LogP contribution in [0.1, 0.15) is 28.6 Å². The van der Waals surface area contributed by atoms with Gasteiger partial charge in [0.15, 0.2) is 0 Å². The van der Waals surface area contributed by atoms with Crippen molar-refractivity contribution in [2.24, 2.45) is 0 Å². The van der Waals surface area contributed by atoms with Crippen molar-refractivity contribution in [2.45, 2.75) is 18.5 Å². The molecule has 2 aromatic heterocycles. The van der Waals surface area contributed by atoms with Crippen LogP contribution in [0.5, 0.6) is 0 Å². The number of aliphatic hydroxyl groups is 1. The van der Waals surface area contributed by atoms with Crippen LogP contribution >= 0.6 is 0 Å². The molecule has 0 aliphatic carbocycles. The zero-order valence-electron chi connectivity index (χ0n) is 12.8. The van der Waals surface area contributed by atoms with Crippen LogP contribution in [0, 0.1) is 0 Å². The van der Waals surface area contributed by atoms with E-state index >= 15 is 0 Å². The van der Waals surface area contributed by atoms with Crippen LogP contribution in [0.3, 0.4) is 0 Å². The molecule has 3 rings (SSSR count). The molecule has 1 N–H and O–H groups in total. The van der Waals surface area contributed by atoms with Crippen molar-refractivity contribution in [3.8, 4) is 0 Å². The molecule has 0 aliphatic heterocycles. The molecule has 1 atom stereocenters. The lowest BCUT2D eigenvalue weighted by Gasteiger charge is -2.18. The van der Waals surface area contributed by atoms with Crippen LogP contribution in [0.15, 0.2) is 48.7 Å². The van der Waals surface area contributed by atoms with Crippen LogP contribution < -0.4 is 0 Å². The summed E-state index contributed by atoms with van der Waals surface area (Å²) in [6, 6.07) is 7.81. The second-order valence-electron chi connectivity index (χ2n) is 5.45. The minimum Gasteiger partial charge on any atom is -0.382 e. The molecule has 0 radical (unpaired) electrons. The minimum atomic E-state index is -4.98. The second kappa shape index (κ2) is 6.24. The Kier molecular flexibility index (Phi) is 4.35. The van der Waals surface area contributed by atoms with Crippen LogP contribution in [-0.4, -0.2) is 15.1 Å². The quantitative estimate of drug-likeness (QED) is 0.661. The highest BCUT2D eigenvalue weighted by atomic mass is 19.4. The van der Waals surface area contributed by atoms with Gasteiger partial charge >= 0.3 is 12.4 Å². The summed E-state index contributed by atoms with van der Waals surface area (Å²) < 4.78 is 79.1. The summed E-state index contributed by atoms with van der Waals surface area (Å²) >= 11 is 0. The Morgan fingerprint density at radius 3 is 2.19 bits per heavy atom. The minimum absolute atomic E-state index is 0.00513. The Hall–Kier alpha value is -2.68. The van der Waals surface area contributed by atoms with E-state index in [4.69, 9.17) is 0 Å². The van der Waals surface area contributed by atoms with Crippen molar-refractivity contribution < 1.29 is 31.4 Å². The van der Waals surface area contributed by atoms with Gasteiger partial charge < -0.3 is 5.11 Å². The van der Waals surface area contributed by atoms with E-state index in [9.17, 15) is 31.4 Å². The Balaban J connectivity index is 2.34. The average molecular weight is 372 g/mol. The third-order valence-corrected chi connectivity index (χ3v) is 3.73. The number of hydrogen-bond acceptors (Lipinski definition) is 3. The highest BCUT2D eigenvalue weighted by molar-refractivity contribution is 5.86. The van der Waals surface area contributed by atoms with E-state index in [2.05, 4.69) is 9.97 Å². The molecule has 0 spiro atoms. The van der Waals surface area contributed by atoms with E-state index in [0.717, 1.165) is 6.07 Å². The number of alkyl halides is 6. The van der Waals surface area contributed by atoms with Crippen molar-refractivity contribution in [3.63, 3.8) is 0 Å². The number of halogens is 6. The lowest BCUT2D eigenvalue weighted by atomic mass is 9.97. The van der Waals surface area contributed by atoms with E-state index in [1.54, 1.807) is 0 Å². The Morgan fingerprint density at radius 1 is 0.885 bits per heavy atom. The first-order chi connectivity index (χ1) is 12.1. The Bertz CT molecular complexity index is 938. The van der Waals surface area contributed by atoms with Crippen LogP contribution in [-0.2, 0) is 12.4 Å². The fraction of sp³-hybridized carbons (Fsp3) is 0.176. The van der Waals surface area contributed by atoms with E-state index in [1.165, 1.54) is 30.5 Å². The predicted molar refractivity (Wildman–Crippen MR) is 80.0 cm³/mol. The molecule has 136 valence electrons. The maximum absolute atomic E-state index is 13.2. The topological polar surface area (TPSA) is 46.0 Å². The number of pyridine rings is 2. The Morgan fingerprint density at radius 2 is 1.62 bits per heavy atom. The van der Waals surface area contributed by atoms with Gasteiger partial charge in [0, 0.05) is 11.6 Å². The monoisotopic (exact) mass is 372 g/mol. The predicted octanol–water partition coefficient (Wildman–Crippen LogP) is 4.75. The Labute approximate surface area is 142 Å². The van der Waals surface area contributed by atoms with Gasteiger partial charge in [-0.25, -0.2) is 4.98 Å². The summed E-state index contributed by atoms with van der Waals surface area (Å²) in [4.78, 5) is 7.02. The fourth-order valence-electron chi connectivity index (χ4n) is 2.57. The number of aliphatic hydroxyl groups excluding tert-OH is 1. The van der Waals surface area contributed by atoms with Gasteiger partial charge in [0.05, 0.1) is 16.8 Å². The summed E-state index contributed by atoms with van der Waals surface area (Å²) in [7, 11) is 0. The highest BCUT2D eigenvalue weighted by Crippen LogP contribution is 2.39. The number of fused-ring (bicyclic) bond motifs is 1. The van der Waals surface area contributed by atoms with Gasteiger partial charge in [-0.1, -0.05) is 18.2 Å². The summed E-state index contributed by atoms with van der Waals surface area (Å²) in [6.45, 7) is 0.